The van der Waals surface area contributed by atoms with Gasteiger partial charge in [-0.1, -0.05) is 78.0 Å². The lowest BCUT2D eigenvalue weighted by Crippen LogP contribution is -2.31. The van der Waals surface area contributed by atoms with Crippen molar-refractivity contribution in [3.63, 3.8) is 0 Å². The summed E-state index contributed by atoms with van der Waals surface area (Å²) in [6.07, 6.45) is 4.16. The molecule has 34 heavy (non-hydrogen) atoms. The van der Waals surface area contributed by atoms with Gasteiger partial charge in [0.1, 0.15) is 0 Å². The molecule has 0 saturated heterocycles. The van der Waals surface area contributed by atoms with Gasteiger partial charge in [-0.3, -0.25) is 9.59 Å². The quantitative estimate of drug-likeness (QED) is 0.418. The van der Waals surface area contributed by atoms with Gasteiger partial charge in [-0.05, 0) is 61.2 Å². The summed E-state index contributed by atoms with van der Waals surface area (Å²) < 4.78 is 0. The molecule has 0 aromatic heterocycles. The number of unbranched alkanes of at least 4 members (excludes halogenated alkanes) is 1. The molecule has 0 aliphatic rings. The van der Waals surface area contributed by atoms with Gasteiger partial charge >= 0.3 is 0 Å². The summed E-state index contributed by atoms with van der Waals surface area (Å²) in [6.45, 7) is 17.8. The number of hydrogen-bond donors (Lipinski definition) is 2. The molecule has 0 saturated carbocycles. The standard InChI is InChI=1S/C25H34N2O2.C2H5N.C2H6/c1-6-8-14-27(20(5)28)24-16-22(18(3)7-2)15-23(17-24)25(29)26-19(4)21-12-10-9-11-13-21;1-2-3;1-2/h9-13,15-19H,6-8,14H2,1-5H3,(H,26,29);2H,1,3H2;1-2H3/t18-,19+;;/m0../s1. The number of carbonyl (C=O) groups excluding carboxylic acids is 2. The minimum absolute atomic E-state index is 0.00348. The minimum atomic E-state index is -0.119. The fourth-order valence-corrected chi connectivity index (χ4v) is 3.33. The van der Waals surface area contributed by atoms with E-state index in [0.717, 1.165) is 36.1 Å². The first-order chi connectivity index (χ1) is 16.3. The van der Waals surface area contributed by atoms with E-state index in [0.29, 0.717) is 18.0 Å². The van der Waals surface area contributed by atoms with Gasteiger partial charge in [0.2, 0.25) is 5.91 Å². The molecule has 0 aliphatic carbocycles. The lowest BCUT2D eigenvalue weighted by atomic mass is 9.95. The zero-order valence-electron chi connectivity index (χ0n) is 22.2. The average Bonchev–Trinajstić information content (AvgIpc) is 2.85. The van der Waals surface area contributed by atoms with Gasteiger partial charge in [-0.2, -0.15) is 0 Å². The normalized spacial score (nSPS) is 11.5. The Hall–Kier alpha value is -3.08. The number of nitrogens with two attached hydrogens (primary N) is 1. The fraction of sp³-hybridized carbons (Fsp3) is 0.448. The average molecular weight is 468 g/mol. The first kappa shape index (κ1) is 30.9. The van der Waals surface area contributed by atoms with Gasteiger partial charge in [0.05, 0.1) is 6.04 Å². The van der Waals surface area contributed by atoms with Gasteiger partial charge in [-0.25, -0.2) is 0 Å². The smallest absolute Gasteiger partial charge is 0.251 e. The summed E-state index contributed by atoms with van der Waals surface area (Å²) in [5, 5.41) is 3.09. The number of benzene rings is 2. The second kappa shape index (κ2) is 17.4. The number of hydrogen-bond acceptors (Lipinski definition) is 3. The van der Waals surface area contributed by atoms with Crippen LogP contribution in [0.25, 0.3) is 0 Å². The lowest BCUT2D eigenvalue weighted by molar-refractivity contribution is -0.116. The Kier molecular flexibility index (Phi) is 15.8. The van der Waals surface area contributed by atoms with E-state index in [1.807, 2.05) is 63.2 Å². The van der Waals surface area contributed by atoms with Crippen LogP contribution in [0.15, 0.2) is 61.3 Å². The molecular weight excluding hydrogens is 422 g/mol. The number of nitrogens with zero attached hydrogens (tertiary/aromatic N) is 1. The maximum atomic E-state index is 13.0. The van der Waals surface area contributed by atoms with Crippen LogP contribution in [-0.2, 0) is 4.79 Å². The van der Waals surface area contributed by atoms with E-state index in [4.69, 9.17) is 0 Å². The van der Waals surface area contributed by atoms with E-state index in [2.05, 4.69) is 44.5 Å². The van der Waals surface area contributed by atoms with E-state index in [1.165, 1.54) is 6.20 Å². The highest BCUT2D eigenvalue weighted by Crippen LogP contribution is 2.27. The van der Waals surface area contributed by atoms with Crippen molar-refractivity contribution in [1.82, 2.24) is 5.32 Å². The van der Waals surface area contributed by atoms with E-state index < -0.39 is 0 Å². The lowest BCUT2D eigenvalue weighted by Gasteiger charge is -2.24. The fourth-order valence-electron chi connectivity index (χ4n) is 3.33. The van der Waals surface area contributed by atoms with Crippen LogP contribution in [0.3, 0.4) is 0 Å². The maximum Gasteiger partial charge on any atom is 0.251 e. The van der Waals surface area contributed by atoms with E-state index in [9.17, 15) is 9.59 Å². The Morgan fingerprint density at radius 3 is 2.15 bits per heavy atom. The van der Waals surface area contributed by atoms with Crippen molar-refractivity contribution in [3.8, 4) is 0 Å². The minimum Gasteiger partial charge on any atom is -0.405 e. The summed E-state index contributed by atoms with van der Waals surface area (Å²) in [7, 11) is 0. The van der Waals surface area contributed by atoms with Crippen LogP contribution >= 0.6 is 0 Å². The predicted molar refractivity (Wildman–Crippen MR) is 146 cm³/mol. The third-order valence-corrected chi connectivity index (χ3v) is 5.46. The molecule has 0 aliphatic heterocycles. The van der Waals surface area contributed by atoms with Crippen LogP contribution < -0.4 is 16.0 Å². The van der Waals surface area contributed by atoms with Crippen molar-refractivity contribution in [3.05, 3.63) is 78.0 Å². The molecule has 0 bridgehead atoms. The number of nitrogens with one attached hydrogen (secondary N) is 1. The SMILES string of the molecule is C=CN.CC.CCCCN(C(C)=O)c1cc(C(=O)N[C@H](C)c2ccccc2)cc([C@@H](C)CC)c1. The zero-order valence-corrected chi connectivity index (χ0v) is 22.2. The molecule has 2 amide bonds. The number of amides is 2. The van der Waals surface area contributed by atoms with Crippen LogP contribution in [0.5, 0.6) is 0 Å². The Morgan fingerprint density at radius 2 is 1.65 bits per heavy atom. The zero-order chi connectivity index (χ0) is 26.1. The maximum absolute atomic E-state index is 13.0. The number of carbonyl (C=O) groups is 2. The summed E-state index contributed by atoms with van der Waals surface area (Å²) in [6, 6.07) is 15.7. The van der Waals surface area contributed by atoms with Gasteiger partial charge in [-0.15, -0.1) is 0 Å². The van der Waals surface area contributed by atoms with E-state index in [-0.39, 0.29) is 17.9 Å². The van der Waals surface area contributed by atoms with Gasteiger partial charge in [0.15, 0.2) is 0 Å². The third-order valence-electron chi connectivity index (χ3n) is 5.46. The van der Waals surface area contributed by atoms with Gasteiger partial charge < -0.3 is 16.0 Å². The molecule has 2 atom stereocenters. The van der Waals surface area contributed by atoms with Crippen LogP contribution in [0.1, 0.15) is 101 Å². The van der Waals surface area contributed by atoms with Crippen molar-refractivity contribution >= 4 is 17.5 Å². The molecule has 0 fully saturated rings. The molecule has 0 unspecified atom stereocenters. The largest absolute Gasteiger partial charge is 0.405 e. The molecule has 3 N–H and O–H groups in total. The second-order valence-corrected chi connectivity index (χ2v) is 7.99. The second-order valence-electron chi connectivity index (χ2n) is 7.99. The van der Waals surface area contributed by atoms with E-state index >= 15 is 0 Å². The molecule has 5 nitrogen and oxygen atoms in total. The first-order valence-corrected chi connectivity index (χ1v) is 12.4. The third kappa shape index (κ3) is 10.2. The summed E-state index contributed by atoms with van der Waals surface area (Å²) in [5.74, 6) is 0.198. The van der Waals surface area contributed by atoms with Crippen molar-refractivity contribution in [1.29, 1.82) is 0 Å². The highest BCUT2D eigenvalue weighted by molar-refractivity contribution is 5.98. The topological polar surface area (TPSA) is 75.4 Å². The Morgan fingerprint density at radius 1 is 1.06 bits per heavy atom. The monoisotopic (exact) mass is 467 g/mol. The Labute approximate surface area is 207 Å². The molecule has 0 heterocycles. The van der Waals surface area contributed by atoms with Crippen molar-refractivity contribution in [2.24, 2.45) is 5.73 Å². The molecule has 2 aromatic carbocycles. The molecule has 2 aromatic rings. The Bertz CT molecular complexity index is 865. The molecule has 188 valence electrons. The van der Waals surface area contributed by atoms with Gasteiger partial charge in [0, 0.05) is 24.7 Å². The van der Waals surface area contributed by atoms with Crippen molar-refractivity contribution < 1.29 is 9.59 Å². The van der Waals surface area contributed by atoms with Crippen LogP contribution in [0.2, 0.25) is 0 Å². The highest BCUT2D eigenvalue weighted by Gasteiger charge is 2.18. The van der Waals surface area contributed by atoms with Crippen molar-refractivity contribution in [2.45, 2.75) is 79.7 Å². The molecule has 0 spiro atoms. The Balaban J connectivity index is 0.00000201. The summed E-state index contributed by atoms with van der Waals surface area (Å²) in [4.78, 5) is 27.1. The van der Waals surface area contributed by atoms with Crippen LogP contribution in [-0.4, -0.2) is 18.4 Å². The van der Waals surface area contributed by atoms with E-state index in [1.54, 1.807) is 11.8 Å². The number of rotatable bonds is 9. The highest BCUT2D eigenvalue weighted by atomic mass is 16.2. The molecule has 5 heteroatoms. The summed E-state index contributed by atoms with van der Waals surface area (Å²) >= 11 is 0. The first-order valence-electron chi connectivity index (χ1n) is 12.4. The van der Waals surface area contributed by atoms with Crippen LogP contribution in [0.4, 0.5) is 5.69 Å². The number of anilines is 1. The molecular formula is C29H45N3O2. The molecule has 2 rings (SSSR count). The molecule has 0 radical (unpaired) electrons. The van der Waals surface area contributed by atoms with Crippen LogP contribution in [0, 0.1) is 0 Å². The summed E-state index contributed by atoms with van der Waals surface area (Å²) in [5.41, 5.74) is 8.17. The van der Waals surface area contributed by atoms with Gasteiger partial charge in [0.25, 0.3) is 5.91 Å². The van der Waals surface area contributed by atoms with Crippen molar-refractivity contribution in [2.75, 3.05) is 11.4 Å². The predicted octanol–water partition coefficient (Wildman–Crippen LogP) is 6.96.